The normalized spacial score (nSPS) is 15.0. The number of hydrogen-bond donors (Lipinski definition) is 0. The molecule has 1 amide bonds. The highest BCUT2D eigenvalue weighted by atomic mass is 127. The van der Waals surface area contributed by atoms with Crippen LogP contribution in [-0.2, 0) is 0 Å². The smallest absolute Gasteiger partial charge is 0.255 e. The minimum absolute atomic E-state index is 0.134. The van der Waals surface area contributed by atoms with Crippen molar-refractivity contribution in [1.29, 1.82) is 0 Å². The average Bonchev–Trinajstić information content (AvgIpc) is 3.05. The zero-order chi connectivity index (χ0) is 11.9. The van der Waals surface area contributed by atoms with Gasteiger partial charge < -0.3 is 4.90 Å². The number of benzene rings is 1. The number of carbonyl (C=O) groups excluding carboxylic acids is 1. The van der Waals surface area contributed by atoms with Gasteiger partial charge in [0.25, 0.3) is 5.91 Å². The topological polar surface area (TPSA) is 20.3 Å². The van der Waals surface area contributed by atoms with E-state index in [0.717, 1.165) is 12.8 Å². The van der Waals surface area contributed by atoms with Gasteiger partial charge in [-0.05, 0) is 47.6 Å². The minimum atomic E-state index is -0.392. The van der Waals surface area contributed by atoms with Crippen LogP contribution in [0.5, 0.6) is 0 Å². The summed E-state index contributed by atoms with van der Waals surface area (Å²) in [6.07, 6.45) is 2.08. The second-order valence-electron chi connectivity index (χ2n) is 3.89. The Hall–Kier alpha value is -0.360. The summed E-state index contributed by atoms with van der Waals surface area (Å²) in [5.74, 6) is -0.526. The summed E-state index contributed by atoms with van der Waals surface area (Å²) in [6, 6.07) is 3.02. The van der Waals surface area contributed by atoms with Crippen molar-refractivity contribution in [1.82, 2.24) is 4.90 Å². The maximum absolute atomic E-state index is 13.2. The van der Waals surface area contributed by atoms with Gasteiger partial charge in [-0.2, -0.15) is 0 Å². The molecule has 86 valence electrons. The molecule has 1 aromatic rings. The van der Waals surface area contributed by atoms with Gasteiger partial charge >= 0.3 is 0 Å². The molecular formula is C11H10ClFINO. The van der Waals surface area contributed by atoms with Gasteiger partial charge in [0.2, 0.25) is 0 Å². The summed E-state index contributed by atoms with van der Waals surface area (Å²) >= 11 is 7.73. The van der Waals surface area contributed by atoms with Crippen molar-refractivity contribution in [2.75, 3.05) is 7.05 Å². The second kappa shape index (κ2) is 4.49. The van der Waals surface area contributed by atoms with Crippen LogP contribution in [0.2, 0.25) is 5.02 Å². The van der Waals surface area contributed by atoms with E-state index in [4.69, 9.17) is 11.6 Å². The second-order valence-corrected chi connectivity index (χ2v) is 5.46. The van der Waals surface area contributed by atoms with Gasteiger partial charge in [0.15, 0.2) is 0 Å². The van der Waals surface area contributed by atoms with E-state index < -0.39 is 5.82 Å². The van der Waals surface area contributed by atoms with Crippen LogP contribution in [0, 0.1) is 9.39 Å². The third-order valence-electron chi connectivity index (χ3n) is 2.66. The highest BCUT2D eigenvalue weighted by Crippen LogP contribution is 2.29. The van der Waals surface area contributed by atoms with Crippen molar-refractivity contribution in [3.63, 3.8) is 0 Å². The number of halogens is 3. The van der Waals surface area contributed by atoms with E-state index in [-0.39, 0.29) is 10.9 Å². The Morgan fingerprint density at radius 1 is 1.56 bits per heavy atom. The molecule has 0 aliphatic heterocycles. The number of rotatable bonds is 2. The van der Waals surface area contributed by atoms with Gasteiger partial charge in [-0.3, -0.25) is 4.79 Å². The van der Waals surface area contributed by atoms with E-state index in [1.807, 2.05) is 22.6 Å². The number of amides is 1. The van der Waals surface area contributed by atoms with Gasteiger partial charge in [-0.25, -0.2) is 4.39 Å². The third kappa shape index (κ3) is 2.32. The van der Waals surface area contributed by atoms with Crippen LogP contribution in [0.25, 0.3) is 0 Å². The van der Waals surface area contributed by atoms with Crippen LogP contribution in [0.15, 0.2) is 12.1 Å². The van der Waals surface area contributed by atoms with Gasteiger partial charge in [0.1, 0.15) is 5.82 Å². The predicted octanol–water partition coefficient (Wildman–Crippen LogP) is 3.32. The molecule has 0 aromatic heterocycles. The summed E-state index contributed by atoms with van der Waals surface area (Å²) in [6.45, 7) is 0. The molecular weight excluding hydrogens is 343 g/mol. The maximum Gasteiger partial charge on any atom is 0.255 e. The molecule has 1 aliphatic carbocycles. The van der Waals surface area contributed by atoms with Crippen molar-refractivity contribution in [2.24, 2.45) is 0 Å². The molecule has 1 aromatic carbocycles. The van der Waals surface area contributed by atoms with Crippen molar-refractivity contribution in [2.45, 2.75) is 18.9 Å². The van der Waals surface area contributed by atoms with Crippen LogP contribution in [0.3, 0.4) is 0 Å². The molecule has 1 fully saturated rings. The molecule has 1 saturated carbocycles. The summed E-state index contributed by atoms with van der Waals surface area (Å²) in [7, 11) is 1.76. The van der Waals surface area contributed by atoms with Crippen molar-refractivity contribution in [3.8, 4) is 0 Å². The SMILES string of the molecule is CN(C(=O)c1cc(I)c(F)cc1Cl)C1CC1. The summed E-state index contributed by atoms with van der Waals surface area (Å²) in [5.41, 5.74) is 0.377. The van der Waals surface area contributed by atoms with Crippen LogP contribution >= 0.6 is 34.2 Å². The first kappa shape index (κ1) is 12.1. The van der Waals surface area contributed by atoms with Crippen LogP contribution < -0.4 is 0 Å². The van der Waals surface area contributed by atoms with E-state index in [2.05, 4.69) is 0 Å². The quantitative estimate of drug-likeness (QED) is 0.590. The van der Waals surface area contributed by atoms with Gasteiger partial charge in [0.05, 0.1) is 10.6 Å². The third-order valence-corrected chi connectivity index (χ3v) is 3.79. The van der Waals surface area contributed by atoms with E-state index in [1.165, 1.54) is 12.1 Å². The lowest BCUT2D eigenvalue weighted by Gasteiger charge is -2.17. The molecule has 0 atom stereocenters. The Labute approximate surface area is 112 Å². The Bertz CT molecular complexity index is 448. The van der Waals surface area contributed by atoms with Gasteiger partial charge in [-0.15, -0.1) is 0 Å². The van der Waals surface area contributed by atoms with Crippen LogP contribution in [0.4, 0.5) is 4.39 Å². The van der Waals surface area contributed by atoms with Gasteiger partial charge in [-0.1, -0.05) is 11.6 Å². The number of hydrogen-bond acceptors (Lipinski definition) is 1. The zero-order valence-corrected chi connectivity index (χ0v) is 11.5. The highest BCUT2D eigenvalue weighted by molar-refractivity contribution is 14.1. The fourth-order valence-electron chi connectivity index (χ4n) is 1.50. The lowest BCUT2D eigenvalue weighted by Crippen LogP contribution is -2.29. The molecule has 5 heteroatoms. The monoisotopic (exact) mass is 353 g/mol. The van der Waals surface area contributed by atoms with Crippen LogP contribution in [0.1, 0.15) is 23.2 Å². The molecule has 1 aliphatic rings. The largest absolute Gasteiger partial charge is 0.339 e. The molecule has 2 rings (SSSR count). The Morgan fingerprint density at radius 3 is 2.75 bits per heavy atom. The standard InChI is InChI=1S/C11H10ClFINO/c1-15(6-2-3-6)11(16)7-4-10(14)9(13)5-8(7)12/h4-6H,2-3H2,1H3. The molecule has 0 unspecified atom stereocenters. The lowest BCUT2D eigenvalue weighted by atomic mass is 10.2. The summed E-state index contributed by atoms with van der Waals surface area (Å²) < 4.78 is 13.6. The molecule has 0 bridgehead atoms. The fourth-order valence-corrected chi connectivity index (χ4v) is 2.20. The highest BCUT2D eigenvalue weighted by Gasteiger charge is 2.31. The Balaban J connectivity index is 2.32. The average molecular weight is 354 g/mol. The van der Waals surface area contributed by atoms with E-state index in [0.29, 0.717) is 15.2 Å². The predicted molar refractivity (Wildman–Crippen MR) is 69.2 cm³/mol. The Kier molecular flexibility index (Phi) is 3.39. The first-order valence-corrected chi connectivity index (χ1v) is 6.38. The molecule has 0 heterocycles. The van der Waals surface area contributed by atoms with E-state index in [9.17, 15) is 9.18 Å². The summed E-state index contributed by atoms with van der Waals surface area (Å²) in [5, 5.41) is 0.176. The van der Waals surface area contributed by atoms with Crippen molar-refractivity contribution < 1.29 is 9.18 Å². The number of nitrogens with zero attached hydrogens (tertiary/aromatic N) is 1. The van der Waals surface area contributed by atoms with Crippen molar-refractivity contribution in [3.05, 3.63) is 32.1 Å². The zero-order valence-electron chi connectivity index (χ0n) is 8.64. The Morgan fingerprint density at radius 2 is 2.19 bits per heavy atom. The van der Waals surface area contributed by atoms with Crippen molar-refractivity contribution >= 4 is 40.1 Å². The minimum Gasteiger partial charge on any atom is -0.339 e. The lowest BCUT2D eigenvalue weighted by molar-refractivity contribution is 0.0785. The van der Waals surface area contributed by atoms with Crippen LogP contribution in [-0.4, -0.2) is 23.9 Å². The molecule has 2 nitrogen and oxygen atoms in total. The molecule has 0 spiro atoms. The molecule has 0 saturated heterocycles. The fraction of sp³-hybridized carbons (Fsp3) is 0.364. The summed E-state index contributed by atoms with van der Waals surface area (Å²) in [4.78, 5) is 13.7. The molecule has 0 N–H and O–H groups in total. The maximum atomic E-state index is 13.2. The molecule has 16 heavy (non-hydrogen) atoms. The van der Waals surface area contributed by atoms with Gasteiger partial charge in [0, 0.05) is 16.7 Å². The van der Waals surface area contributed by atoms with E-state index >= 15 is 0 Å². The van der Waals surface area contributed by atoms with E-state index in [1.54, 1.807) is 11.9 Å². The first-order valence-electron chi connectivity index (χ1n) is 4.92. The number of carbonyl (C=O) groups is 1. The molecule has 0 radical (unpaired) electrons. The first-order chi connectivity index (χ1) is 7.50.